The molecule has 0 bridgehead atoms. The molecule has 1 aliphatic rings. The fourth-order valence-corrected chi connectivity index (χ4v) is 2.41. The van der Waals surface area contributed by atoms with Crippen LogP contribution < -0.4 is 5.73 Å². The maximum atomic E-state index is 5.98. The van der Waals surface area contributed by atoms with Crippen LogP contribution in [0.3, 0.4) is 0 Å². The molecule has 1 fully saturated rings. The summed E-state index contributed by atoms with van der Waals surface area (Å²) in [5.41, 5.74) is 7.21. The van der Waals surface area contributed by atoms with E-state index in [9.17, 15) is 0 Å². The second kappa shape index (κ2) is 5.19. The van der Waals surface area contributed by atoms with Crippen molar-refractivity contribution in [3.05, 3.63) is 18.2 Å². The number of nitrogens with two attached hydrogens (primary N) is 1. The lowest BCUT2D eigenvalue weighted by molar-refractivity contribution is 0.145. The lowest BCUT2D eigenvalue weighted by atomic mass is 10.1. The molecule has 2 N–H and O–H groups in total. The Morgan fingerprint density at radius 2 is 2.24 bits per heavy atom. The Morgan fingerprint density at radius 1 is 1.53 bits per heavy atom. The highest BCUT2D eigenvalue weighted by Crippen LogP contribution is 2.33. The molecule has 17 heavy (non-hydrogen) atoms. The van der Waals surface area contributed by atoms with Crippen molar-refractivity contribution >= 4 is 0 Å². The summed E-state index contributed by atoms with van der Waals surface area (Å²) in [5.74, 6) is 0.889. The first-order valence-corrected chi connectivity index (χ1v) is 6.55. The molecule has 0 spiro atoms. The Morgan fingerprint density at radius 3 is 2.65 bits per heavy atom. The number of aromatic nitrogens is 2. The van der Waals surface area contributed by atoms with Crippen LogP contribution in [0.25, 0.3) is 0 Å². The Kier molecular flexibility index (Phi) is 3.84. The average Bonchev–Trinajstić information content (AvgIpc) is 3.01. The van der Waals surface area contributed by atoms with Crippen LogP contribution in [-0.2, 0) is 7.05 Å². The minimum Gasteiger partial charge on any atom is -0.336 e. The molecule has 0 aliphatic heterocycles. The molecule has 2 rings (SSSR count). The topological polar surface area (TPSA) is 47.1 Å². The van der Waals surface area contributed by atoms with E-state index in [0.29, 0.717) is 18.6 Å². The van der Waals surface area contributed by atoms with Crippen LogP contribution in [0.1, 0.15) is 38.4 Å². The summed E-state index contributed by atoms with van der Waals surface area (Å²) in [4.78, 5) is 6.73. The Balaban J connectivity index is 2.15. The molecule has 0 radical (unpaired) electrons. The molecule has 1 heterocycles. The van der Waals surface area contributed by atoms with Gasteiger partial charge in [-0.25, -0.2) is 4.98 Å². The van der Waals surface area contributed by atoms with Crippen molar-refractivity contribution in [3.8, 4) is 0 Å². The highest BCUT2D eigenvalue weighted by molar-refractivity contribution is 5.07. The van der Waals surface area contributed by atoms with Gasteiger partial charge in [-0.2, -0.15) is 0 Å². The van der Waals surface area contributed by atoms with E-state index in [1.54, 1.807) is 0 Å². The number of hydrogen-bond acceptors (Lipinski definition) is 3. The van der Waals surface area contributed by atoms with E-state index < -0.39 is 0 Å². The van der Waals surface area contributed by atoms with Gasteiger partial charge in [-0.05, 0) is 32.6 Å². The van der Waals surface area contributed by atoms with Gasteiger partial charge in [0.05, 0.1) is 18.1 Å². The van der Waals surface area contributed by atoms with E-state index >= 15 is 0 Å². The van der Waals surface area contributed by atoms with Gasteiger partial charge < -0.3 is 10.3 Å². The number of aryl methyl sites for hydroxylation is 1. The minimum absolute atomic E-state index is 0.295. The molecule has 1 aliphatic carbocycles. The van der Waals surface area contributed by atoms with E-state index in [0.717, 1.165) is 5.92 Å². The Hall–Kier alpha value is -0.870. The van der Waals surface area contributed by atoms with Crippen molar-refractivity contribution < 1.29 is 0 Å². The van der Waals surface area contributed by atoms with Gasteiger partial charge in [-0.1, -0.05) is 0 Å². The van der Waals surface area contributed by atoms with Crippen LogP contribution in [0.5, 0.6) is 0 Å². The predicted octanol–water partition coefficient (Wildman–Crippen LogP) is 1.54. The van der Waals surface area contributed by atoms with Crippen molar-refractivity contribution in [2.45, 2.75) is 38.8 Å². The second-order valence-corrected chi connectivity index (χ2v) is 5.41. The first-order valence-electron chi connectivity index (χ1n) is 6.55. The third kappa shape index (κ3) is 2.87. The number of rotatable bonds is 6. The summed E-state index contributed by atoms with van der Waals surface area (Å²) in [7, 11) is 2.04. The molecular formula is C13H24N4. The lowest BCUT2D eigenvalue weighted by Crippen LogP contribution is -2.40. The van der Waals surface area contributed by atoms with Crippen molar-refractivity contribution in [2.24, 2.45) is 18.7 Å². The molecule has 1 aromatic heterocycles. The van der Waals surface area contributed by atoms with E-state index in [4.69, 9.17) is 5.73 Å². The summed E-state index contributed by atoms with van der Waals surface area (Å²) >= 11 is 0. The summed E-state index contributed by atoms with van der Waals surface area (Å²) in [6.45, 7) is 6.33. The summed E-state index contributed by atoms with van der Waals surface area (Å²) in [6, 6.07) is 0.821. The third-order valence-electron chi connectivity index (χ3n) is 3.65. The molecule has 1 unspecified atom stereocenters. The van der Waals surface area contributed by atoms with E-state index in [1.807, 2.05) is 19.6 Å². The largest absolute Gasteiger partial charge is 0.336 e. The van der Waals surface area contributed by atoms with Crippen molar-refractivity contribution in [1.29, 1.82) is 0 Å². The van der Waals surface area contributed by atoms with Crippen molar-refractivity contribution in [3.63, 3.8) is 0 Å². The van der Waals surface area contributed by atoms with Gasteiger partial charge in [0.2, 0.25) is 0 Å². The minimum atomic E-state index is 0.295. The summed E-state index contributed by atoms with van der Waals surface area (Å²) in [6.07, 6.45) is 6.56. The smallest absolute Gasteiger partial charge is 0.0946 e. The molecule has 1 aromatic rings. The highest BCUT2D eigenvalue weighted by atomic mass is 15.2. The molecule has 1 saturated carbocycles. The number of imidazole rings is 1. The zero-order valence-corrected chi connectivity index (χ0v) is 11.1. The molecule has 0 amide bonds. The SMILES string of the molecule is CC(C)N(CC1CC1)C(CN)c1cncn1C. The first-order chi connectivity index (χ1) is 8.13. The van der Waals surface area contributed by atoms with Gasteiger partial charge in [0.15, 0.2) is 0 Å². The fraction of sp³-hybridized carbons (Fsp3) is 0.769. The van der Waals surface area contributed by atoms with Crippen LogP contribution in [-0.4, -0.2) is 33.6 Å². The average molecular weight is 236 g/mol. The zero-order chi connectivity index (χ0) is 12.4. The van der Waals surface area contributed by atoms with Crippen LogP contribution in [0, 0.1) is 5.92 Å². The second-order valence-electron chi connectivity index (χ2n) is 5.41. The van der Waals surface area contributed by atoms with Gasteiger partial charge in [0.25, 0.3) is 0 Å². The van der Waals surface area contributed by atoms with Crippen LogP contribution >= 0.6 is 0 Å². The van der Waals surface area contributed by atoms with Gasteiger partial charge in [-0.15, -0.1) is 0 Å². The van der Waals surface area contributed by atoms with Gasteiger partial charge in [-0.3, -0.25) is 4.90 Å². The maximum Gasteiger partial charge on any atom is 0.0946 e. The molecule has 0 aromatic carbocycles. The third-order valence-corrected chi connectivity index (χ3v) is 3.65. The van der Waals surface area contributed by atoms with Gasteiger partial charge in [0, 0.05) is 32.4 Å². The highest BCUT2D eigenvalue weighted by Gasteiger charge is 2.30. The van der Waals surface area contributed by atoms with Crippen LogP contribution in [0.2, 0.25) is 0 Å². The van der Waals surface area contributed by atoms with Gasteiger partial charge in [0.1, 0.15) is 0 Å². The quantitative estimate of drug-likeness (QED) is 0.815. The zero-order valence-electron chi connectivity index (χ0n) is 11.1. The normalized spacial score (nSPS) is 18.0. The summed E-state index contributed by atoms with van der Waals surface area (Å²) in [5, 5.41) is 0. The fourth-order valence-electron chi connectivity index (χ4n) is 2.41. The van der Waals surface area contributed by atoms with Crippen LogP contribution in [0.15, 0.2) is 12.5 Å². The van der Waals surface area contributed by atoms with Gasteiger partial charge >= 0.3 is 0 Å². The summed E-state index contributed by atoms with van der Waals surface area (Å²) < 4.78 is 2.08. The number of hydrogen-bond donors (Lipinski definition) is 1. The molecule has 1 atom stereocenters. The Labute approximate surface area is 104 Å². The molecule has 96 valence electrons. The van der Waals surface area contributed by atoms with Crippen molar-refractivity contribution in [1.82, 2.24) is 14.5 Å². The predicted molar refractivity (Wildman–Crippen MR) is 69.6 cm³/mol. The van der Waals surface area contributed by atoms with Crippen LogP contribution in [0.4, 0.5) is 0 Å². The molecule has 4 nitrogen and oxygen atoms in total. The molecule has 4 heteroatoms. The van der Waals surface area contributed by atoms with E-state index in [-0.39, 0.29) is 0 Å². The van der Waals surface area contributed by atoms with Crippen molar-refractivity contribution in [2.75, 3.05) is 13.1 Å². The Bertz CT molecular complexity index is 354. The molecular weight excluding hydrogens is 212 g/mol. The molecule has 0 saturated heterocycles. The lowest BCUT2D eigenvalue weighted by Gasteiger charge is -2.34. The van der Waals surface area contributed by atoms with E-state index in [2.05, 4.69) is 28.3 Å². The number of nitrogens with zero attached hydrogens (tertiary/aromatic N) is 3. The van der Waals surface area contributed by atoms with E-state index in [1.165, 1.54) is 25.1 Å². The maximum absolute atomic E-state index is 5.98. The first kappa shape index (κ1) is 12.6. The standard InChI is InChI=1S/C13H24N4/c1-10(2)17(8-11-4-5-11)12(6-14)13-7-15-9-16(13)3/h7,9-12H,4-6,8,14H2,1-3H3. The monoisotopic (exact) mass is 236 g/mol.